The number of hydrogen-bond donors (Lipinski definition) is 1. The molecule has 0 spiro atoms. The molecule has 0 radical (unpaired) electrons. The molecule has 0 bridgehead atoms. The standard InChI is InChI=1S/C14H13BrO3/c1-17-9-18-14-8-13(16)11(7-12(14)15)10-5-3-2-4-6-10/h2-8,16H,9H2,1H3. The fourth-order valence-corrected chi connectivity index (χ4v) is 2.08. The monoisotopic (exact) mass is 308 g/mol. The van der Waals surface area contributed by atoms with Gasteiger partial charge in [0.25, 0.3) is 0 Å². The van der Waals surface area contributed by atoms with Gasteiger partial charge in [-0.05, 0) is 27.6 Å². The number of halogens is 1. The minimum atomic E-state index is 0.142. The van der Waals surface area contributed by atoms with E-state index in [9.17, 15) is 5.11 Å². The van der Waals surface area contributed by atoms with E-state index in [2.05, 4.69) is 15.9 Å². The summed E-state index contributed by atoms with van der Waals surface area (Å²) in [5, 5.41) is 10.0. The van der Waals surface area contributed by atoms with E-state index in [4.69, 9.17) is 9.47 Å². The molecule has 18 heavy (non-hydrogen) atoms. The second-order valence-corrected chi connectivity index (χ2v) is 4.57. The highest BCUT2D eigenvalue weighted by molar-refractivity contribution is 9.10. The molecule has 0 fully saturated rings. The largest absolute Gasteiger partial charge is 0.507 e. The summed E-state index contributed by atoms with van der Waals surface area (Å²) in [5.74, 6) is 0.726. The Morgan fingerprint density at radius 1 is 1.17 bits per heavy atom. The van der Waals surface area contributed by atoms with Crippen LogP contribution in [0.1, 0.15) is 0 Å². The minimum Gasteiger partial charge on any atom is -0.507 e. The average molecular weight is 309 g/mol. The Balaban J connectivity index is 2.37. The summed E-state index contributed by atoms with van der Waals surface area (Å²) in [7, 11) is 1.55. The normalized spacial score (nSPS) is 10.3. The van der Waals surface area contributed by atoms with E-state index in [1.807, 2.05) is 36.4 Å². The molecule has 0 amide bonds. The summed E-state index contributed by atoms with van der Waals surface area (Å²) in [6.07, 6.45) is 0. The fraction of sp³-hybridized carbons (Fsp3) is 0.143. The molecule has 0 aromatic heterocycles. The van der Waals surface area contributed by atoms with Gasteiger partial charge in [0.05, 0.1) is 4.47 Å². The molecular weight excluding hydrogens is 296 g/mol. The van der Waals surface area contributed by atoms with Crippen LogP contribution < -0.4 is 4.74 Å². The van der Waals surface area contributed by atoms with Gasteiger partial charge >= 0.3 is 0 Å². The predicted octanol–water partition coefficient (Wildman–Crippen LogP) is 3.80. The van der Waals surface area contributed by atoms with Crippen LogP contribution in [0, 0.1) is 0 Å². The third-order valence-electron chi connectivity index (χ3n) is 2.47. The summed E-state index contributed by atoms with van der Waals surface area (Å²) in [4.78, 5) is 0. The van der Waals surface area contributed by atoms with Crippen molar-refractivity contribution in [2.75, 3.05) is 13.9 Å². The van der Waals surface area contributed by atoms with Crippen molar-refractivity contribution in [1.82, 2.24) is 0 Å². The number of hydrogen-bond acceptors (Lipinski definition) is 3. The maximum Gasteiger partial charge on any atom is 0.188 e. The maximum absolute atomic E-state index is 10.0. The number of phenolic OH excluding ortho intramolecular Hbond substituents is 1. The molecule has 2 aromatic rings. The van der Waals surface area contributed by atoms with E-state index in [1.165, 1.54) is 0 Å². The molecule has 94 valence electrons. The fourth-order valence-electron chi connectivity index (χ4n) is 1.62. The highest BCUT2D eigenvalue weighted by Gasteiger charge is 2.10. The van der Waals surface area contributed by atoms with E-state index >= 15 is 0 Å². The summed E-state index contributed by atoms with van der Waals surface area (Å²) < 4.78 is 10.9. The first-order valence-electron chi connectivity index (χ1n) is 5.42. The lowest BCUT2D eigenvalue weighted by molar-refractivity contribution is 0.0504. The van der Waals surface area contributed by atoms with Crippen LogP contribution in [0.5, 0.6) is 11.5 Å². The Kier molecular flexibility index (Phi) is 4.23. The van der Waals surface area contributed by atoms with Crippen LogP contribution >= 0.6 is 15.9 Å². The number of aromatic hydroxyl groups is 1. The molecule has 1 N–H and O–H groups in total. The number of ether oxygens (including phenoxy) is 2. The van der Waals surface area contributed by atoms with Gasteiger partial charge in [0.2, 0.25) is 0 Å². The van der Waals surface area contributed by atoms with Crippen molar-refractivity contribution >= 4 is 15.9 Å². The highest BCUT2D eigenvalue weighted by atomic mass is 79.9. The molecule has 3 nitrogen and oxygen atoms in total. The summed E-state index contributed by atoms with van der Waals surface area (Å²) >= 11 is 3.42. The molecule has 2 aromatic carbocycles. The van der Waals surface area contributed by atoms with Gasteiger partial charge in [0.1, 0.15) is 11.5 Å². The van der Waals surface area contributed by atoms with Crippen LogP contribution in [0.25, 0.3) is 11.1 Å². The molecule has 4 heteroatoms. The van der Waals surface area contributed by atoms with E-state index < -0.39 is 0 Å². The highest BCUT2D eigenvalue weighted by Crippen LogP contribution is 2.37. The summed E-state index contributed by atoms with van der Waals surface area (Å²) in [6.45, 7) is 0.142. The minimum absolute atomic E-state index is 0.142. The van der Waals surface area contributed by atoms with Crippen LogP contribution in [0.4, 0.5) is 0 Å². The summed E-state index contributed by atoms with van der Waals surface area (Å²) in [6, 6.07) is 13.1. The third-order valence-corrected chi connectivity index (χ3v) is 3.09. The average Bonchev–Trinajstić information content (AvgIpc) is 2.40. The molecule has 0 saturated carbocycles. The molecule has 0 aliphatic carbocycles. The van der Waals surface area contributed by atoms with Crippen LogP contribution in [0.3, 0.4) is 0 Å². The lowest BCUT2D eigenvalue weighted by Crippen LogP contribution is -1.99. The van der Waals surface area contributed by atoms with E-state index in [0.29, 0.717) is 5.75 Å². The second kappa shape index (κ2) is 5.89. The Labute approximate surface area is 114 Å². The summed E-state index contributed by atoms with van der Waals surface area (Å²) in [5.41, 5.74) is 1.71. The van der Waals surface area contributed by atoms with Crippen LogP contribution in [0.15, 0.2) is 46.9 Å². The van der Waals surface area contributed by atoms with Crippen molar-refractivity contribution in [1.29, 1.82) is 0 Å². The molecular formula is C14H13BrO3. The lowest BCUT2D eigenvalue weighted by Gasteiger charge is -2.11. The lowest BCUT2D eigenvalue weighted by atomic mass is 10.0. The molecule has 0 unspecified atom stereocenters. The Morgan fingerprint density at radius 2 is 1.89 bits per heavy atom. The van der Waals surface area contributed by atoms with Gasteiger partial charge in [0, 0.05) is 18.7 Å². The van der Waals surface area contributed by atoms with Gasteiger partial charge < -0.3 is 14.6 Å². The van der Waals surface area contributed by atoms with Crippen molar-refractivity contribution in [2.45, 2.75) is 0 Å². The molecule has 2 rings (SSSR count). The topological polar surface area (TPSA) is 38.7 Å². The first-order valence-corrected chi connectivity index (χ1v) is 6.21. The second-order valence-electron chi connectivity index (χ2n) is 3.72. The van der Waals surface area contributed by atoms with Gasteiger partial charge in [-0.2, -0.15) is 0 Å². The van der Waals surface area contributed by atoms with Gasteiger partial charge in [-0.1, -0.05) is 30.3 Å². The van der Waals surface area contributed by atoms with Crippen molar-refractivity contribution in [3.8, 4) is 22.6 Å². The van der Waals surface area contributed by atoms with E-state index in [-0.39, 0.29) is 12.5 Å². The maximum atomic E-state index is 10.0. The quantitative estimate of drug-likeness (QED) is 0.873. The van der Waals surface area contributed by atoms with Crippen LogP contribution in [0.2, 0.25) is 0 Å². The zero-order chi connectivity index (χ0) is 13.0. The molecule has 0 aliphatic rings. The van der Waals surface area contributed by atoms with E-state index in [0.717, 1.165) is 15.6 Å². The van der Waals surface area contributed by atoms with E-state index in [1.54, 1.807) is 13.2 Å². The molecule has 0 aliphatic heterocycles. The Bertz CT molecular complexity index is 526. The van der Waals surface area contributed by atoms with Crippen molar-refractivity contribution in [2.24, 2.45) is 0 Å². The zero-order valence-corrected chi connectivity index (χ0v) is 11.5. The molecule has 0 atom stereocenters. The van der Waals surface area contributed by atoms with Crippen molar-refractivity contribution in [3.63, 3.8) is 0 Å². The van der Waals surface area contributed by atoms with Crippen molar-refractivity contribution < 1.29 is 14.6 Å². The van der Waals surface area contributed by atoms with Crippen LogP contribution in [-0.4, -0.2) is 19.0 Å². The van der Waals surface area contributed by atoms with Gasteiger partial charge in [-0.25, -0.2) is 0 Å². The smallest absolute Gasteiger partial charge is 0.188 e. The predicted molar refractivity (Wildman–Crippen MR) is 73.7 cm³/mol. The Hall–Kier alpha value is -1.52. The third kappa shape index (κ3) is 2.83. The van der Waals surface area contributed by atoms with Crippen LogP contribution in [-0.2, 0) is 4.74 Å². The zero-order valence-electron chi connectivity index (χ0n) is 9.89. The number of benzene rings is 2. The van der Waals surface area contributed by atoms with Gasteiger partial charge in [-0.3, -0.25) is 0 Å². The molecule has 0 saturated heterocycles. The molecule has 0 heterocycles. The first-order chi connectivity index (χ1) is 8.72. The first kappa shape index (κ1) is 12.9. The van der Waals surface area contributed by atoms with Crippen molar-refractivity contribution in [3.05, 3.63) is 46.9 Å². The number of rotatable bonds is 4. The Morgan fingerprint density at radius 3 is 2.56 bits per heavy atom. The van der Waals surface area contributed by atoms with Gasteiger partial charge in [-0.15, -0.1) is 0 Å². The number of phenols is 1. The SMILES string of the molecule is COCOc1cc(O)c(-c2ccccc2)cc1Br. The van der Waals surface area contributed by atoms with Gasteiger partial charge in [0.15, 0.2) is 6.79 Å². The number of methoxy groups -OCH3 is 1.